The molecular formula is C12H12O2. The third-order valence-corrected chi connectivity index (χ3v) is 2.21. The van der Waals surface area contributed by atoms with E-state index in [9.17, 15) is 0 Å². The van der Waals surface area contributed by atoms with Crippen LogP contribution in [-0.4, -0.2) is 11.7 Å². The Morgan fingerprint density at radius 2 is 2.21 bits per heavy atom. The topological polar surface area (TPSA) is 33.4 Å². The van der Waals surface area contributed by atoms with Gasteiger partial charge in [-0.25, -0.2) is 0 Å². The van der Waals surface area contributed by atoms with Gasteiger partial charge in [-0.3, -0.25) is 0 Å². The van der Waals surface area contributed by atoms with Crippen molar-refractivity contribution in [2.75, 3.05) is 6.61 Å². The Bertz CT molecular complexity index is 433. The van der Waals surface area contributed by atoms with Crippen LogP contribution in [0.5, 0.6) is 0 Å². The van der Waals surface area contributed by atoms with Gasteiger partial charge in [0.25, 0.3) is 0 Å². The third-order valence-electron chi connectivity index (χ3n) is 2.21. The van der Waals surface area contributed by atoms with Gasteiger partial charge in [-0.15, -0.1) is 0 Å². The summed E-state index contributed by atoms with van der Waals surface area (Å²) in [7, 11) is 0. The second kappa shape index (κ2) is 3.68. The average molecular weight is 188 g/mol. The van der Waals surface area contributed by atoms with Crippen LogP contribution in [0.3, 0.4) is 0 Å². The van der Waals surface area contributed by atoms with Crippen molar-refractivity contribution in [3.8, 4) is 0 Å². The Labute approximate surface area is 82.5 Å². The molecule has 0 fully saturated rings. The summed E-state index contributed by atoms with van der Waals surface area (Å²) in [6.07, 6.45) is 1.73. The van der Waals surface area contributed by atoms with Crippen molar-refractivity contribution in [3.05, 3.63) is 42.2 Å². The number of furan rings is 1. The molecule has 0 amide bonds. The lowest BCUT2D eigenvalue weighted by atomic mass is 10.2. The van der Waals surface area contributed by atoms with E-state index in [-0.39, 0.29) is 6.61 Å². The number of aliphatic hydroxyl groups is 1. The first-order valence-corrected chi connectivity index (χ1v) is 4.58. The fraction of sp³-hybridized carbons (Fsp3) is 0.167. The molecule has 2 heteroatoms. The highest BCUT2D eigenvalue weighted by molar-refractivity contribution is 5.81. The van der Waals surface area contributed by atoms with Crippen LogP contribution in [0.2, 0.25) is 0 Å². The van der Waals surface area contributed by atoms with E-state index in [4.69, 9.17) is 9.52 Å². The van der Waals surface area contributed by atoms with Gasteiger partial charge in [0.05, 0.1) is 6.61 Å². The fourth-order valence-corrected chi connectivity index (χ4v) is 1.41. The number of benzene rings is 1. The van der Waals surface area contributed by atoms with Gasteiger partial charge >= 0.3 is 0 Å². The fourth-order valence-electron chi connectivity index (χ4n) is 1.41. The largest absolute Gasteiger partial charge is 0.456 e. The highest BCUT2D eigenvalue weighted by atomic mass is 16.3. The zero-order chi connectivity index (χ0) is 9.97. The lowest BCUT2D eigenvalue weighted by Gasteiger charge is -1.92. The summed E-state index contributed by atoms with van der Waals surface area (Å²) in [5.41, 5.74) is 1.84. The van der Waals surface area contributed by atoms with Gasteiger partial charge in [-0.05, 0) is 24.6 Å². The molecule has 0 spiro atoms. The maximum absolute atomic E-state index is 8.75. The van der Waals surface area contributed by atoms with Crippen LogP contribution in [0.25, 0.3) is 16.5 Å². The zero-order valence-corrected chi connectivity index (χ0v) is 8.03. The molecule has 2 nitrogen and oxygen atoms in total. The van der Waals surface area contributed by atoms with Crippen LogP contribution >= 0.6 is 0 Å². The minimum Gasteiger partial charge on any atom is -0.456 e. The molecule has 0 unspecified atom stereocenters. The molecule has 0 aliphatic carbocycles. The molecule has 0 saturated carbocycles. The van der Waals surface area contributed by atoms with Crippen LogP contribution in [0.4, 0.5) is 0 Å². The number of fused-ring (bicyclic) bond motifs is 1. The first-order valence-electron chi connectivity index (χ1n) is 4.58. The highest BCUT2D eigenvalue weighted by Gasteiger charge is 2.03. The van der Waals surface area contributed by atoms with E-state index in [1.54, 1.807) is 6.08 Å². The monoisotopic (exact) mass is 188 g/mol. The molecule has 2 aromatic rings. The number of rotatable bonds is 2. The van der Waals surface area contributed by atoms with Crippen molar-refractivity contribution >= 4 is 16.5 Å². The van der Waals surface area contributed by atoms with Crippen molar-refractivity contribution in [1.29, 1.82) is 0 Å². The number of aliphatic hydroxyl groups excluding tert-OH is 1. The highest BCUT2D eigenvalue weighted by Crippen LogP contribution is 2.23. The van der Waals surface area contributed by atoms with Crippen molar-refractivity contribution in [1.82, 2.24) is 0 Å². The minimum absolute atomic E-state index is 0.0445. The maximum Gasteiger partial charge on any atom is 0.134 e. The van der Waals surface area contributed by atoms with E-state index in [2.05, 4.69) is 0 Å². The first kappa shape index (κ1) is 9.03. The van der Waals surface area contributed by atoms with Crippen LogP contribution < -0.4 is 0 Å². The summed E-state index contributed by atoms with van der Waals surface area (Å²) in [6, 6.07) is 9.85. The Hall–Kier alpha value is -1.54. The molecule has 0 radical (unpaired) electrons. The van der Waals surface area contributed by atoms with Gasteiger partial charge in [0.2, 0.25) is 0 Å². The lowest BCUT2D eigenvalue weighted by molar-refractivity contribution is 0.343. The molecule has 2 rings (SSSR count). The Balaban J connectivity index is 2.50. The van der Waals surface area contributed by atoms with Crippen LogP contribution in [0.1, 0.15) is 12.7 Å². The predicted octanol–water partition coefficient (Wildman–Crippen LogP) is 2.83. The average Bonchev–Trinajstić information content (AvgIpc) is 2.61. The molecule has 0 bridgehead atoms. The van der Waals surface area contributed by atoms with Crippen LogP contribution in [0, 0.1) is 0 Å². The molecule has 0 atom stereocenters. The Morgan fingerprint density at radius 3 is 2.93 bits per heavy atom. The van der Waals surface area contributed by atoms with E-state index in [0.29, 0.717) is 0 Å². The Kier molecular flexibility index (Phi) is 2.37. The van der Waals surface area contributed by atoms with Gasteiger partial charge in [0.15, 0.2) is 0 Å². The summed E-state index contributed by atoms with van der Waals surface area (Å²) in [5.74, 6) is 0.820. The molecule has 0 aliphatic heterocycles. The SMILES string of the molecule is C/C(=C/CO)c1cc2ccccc2o1. The molecule has 72 valence electrons. The lowest BCUT2D eigenvalue weighted by Crippen LogP contribution is -1.77. The summed E-state index contributed by atoms with van der Waals surface area (Å²) < 4.78 is 5.60. The van der Waals surface area contributed by atoms with Crippen LogP contribution in [-0.2, 0) is 0 Å². The Morgan fingerprint density at radius 1 is 1.43 bits per heavy atom. The summed E-state index contributed by atoms with van der Waals surface area (Å²) in [6.45, 7) is 1.97. The molecule has 14 heavy (non-hydrogen) atoms. The van der Waals surface area contributed by atoms with Crippen molar-refractivity contribution in [2.45, 2.75) is 6.92 Å². The van der Waals surface area contributed by atoms with E-state index >= 15 is 0 Å². The third kappa shape index (κ3) is 1.56. The van der Waals surface area contributed by atoms with Gasteiger partial charge in [-0.1, -0.05) is 24.3 Å². The van der Waals surface area contributed by atoms with Gasteiger partial charge < -0.3 is 9.52 Å². The van der Waals surface area contributed by atoms with Crippen molar-refractivity contribution in [2.24, 2.45) is 0 Å². The second-order valence-electron chi connectivity index (χ2n) is 3.22. The molecule has 0 aliphatic rings. The van der Waals surface area contributed by atoms with E-state index in [1.807, 2.05) is 37.3 Å². The van der Waals surface area contributed by atoms with E-state index in [1.165, 1.54) is 0 Å². The summed E-state index contributed by atoms with van der Waals surface area (Å²) in [4.78, 5) is 0. The molecule has 1 aromatic heterocycles. The molecular weight excluding hydrogens is 176 g/mol. The molecule has 1 N–H and O–H groups in total. The maximum atomic E-state index is 8.75. The molecule has 0 saturated heterocycles. The normalized spacial score (nSPS) is 12.3. The second-order valence-corrected chi connectivity index (χ2v) is 3.22. The smallest absolute Gasteiger partial charge is 0.134 e. The predicted molar refractivity (Wildman–Crippen MR) is 57.0 cm³/mol. The number of para-hydroxylation sites is 1. The molecule has 1 heterocycles. The standard InChI is InChI=1S/C12H12O2/c1-9(6-7-13)12-8-10-4-2-3-5-11(10)14-12/h2-6,8,13H,7H2,1H3/b9-6-. The van der Waals surface area contributed by atoms with Crippen molar-refractivity contribution in [3.63, 3.8) is 0 Å². The van der Waals surface area contributed by atoms with Gasteiger partial charge in [-0.2, -0.15) is 0 Å². The quantitative estimate of drug-likeness (QED) is 0.786. The van der Waals surface area contributed by atoms with E-state index in [0.717, 1.165) is 22.3 Å². The summed E-state index contributed by atoms with van der Waals surface area (Å²) >= 11 is 0. The van der Waals surface area contributed by atoms with Gasteiger partial charge in [0.1, 0.15) is 11.3 Å². The number of hydrogen-bond donors (Lipinski definition) is 1. The first-order chi connectivity index (χ1) is 6.81. The van der Waals surface area contributed by atoms with Gasteiger partial charge in [0, 0.05) is 5.39 Å². The number of allylic oxidation sites excluding steroid dienone is 1. The minimum atomic E-state index is 0.0445. The summed E-state index contributed by atoms with van der Waals surface area (Å²) in [5, 5.41) is 9.85. The molecule has 1 aromatic carbocycles. The van der Waals surface area contributed by atoms with Crippen molar-refractivity contribution < 1.29 is 9.52 Å². The zero-order valence-electron chi connectivity index (χ0n) is 8.03. The van der Waals surface area contributed by atoms with E-state index < -0.39 is 0 Å². The van der Waals surface area contributed by atoms with Crippen LogP contribution in [0.15, 0.2) is 40.8 Å². The number of hydrogen-bond acceptors (Lipinski definition) is 2.